The first kappa shape index (κ1) is 23.6. The number of amides is 2. The fourth-order valence-corrected chi connectivity index (χ4v) is 2.99. The number of rotatable bonds is 7. The summed E-state index contributed by atoms with van der Waals surface area (Å²) in [7, 11) is 0. The lowest BCUT2D eigenvalue weighted by atomic mass is 9.92. The van der Waals surface area contributed by atoms with Crippen molar-refractivity contribution in [2.75, 3.05) is 5.32 Å². The molecule has 0 spiro atoms. The molecule has 2 N–H and O–H groups in total. The Morgan fingerprint density at radius 1 is 1.30 bits per heavy atom. The van der Waals surface area contributed by atoms with Gasteiger partial charge in [0, 0.05) is 30.9 Å². The van der Waals surface area contributed by atoms with Gasteiger partial charge >= 0.3 is 6.18 Å². The van der Waals surface area contributed by atoms with E-state index in [0.29, 0.717) is 11.3 Å². The quantitative estimate of drug-likeness (QED) is 0.495. The molecule has 0 saturated heterocycles. The van der Waals surface area contributed by atoms with Gasteiger partial charge < -0.3 is 5.32 Å². The van der Waals surface area contributed by atoms with Gasteiger partial charge in [-0.3, -0.25) is 14.6 Å². The average molecular weight is 445 g/mol. The summed E-state index contributed by atoms with van der Waals surface area (Å²) in [5.41, 5.74) is 2.85. The van der Waals surface area contributed by atoms with E-state index < -0.39 is 29.5 Å². The van der Waals surface area contributed by atoms with E-state index in [0.717, 1.165) is 0 Å². The third kappa shape index (κ3) is 6.67. The molecule has 2 heterocycles. The highest BCUT2D eigenvalue weighted by Crippen LogP contribution is 2.43. The maximum Gasteiger partial charge on any atom is 0.393 e. The first-order chi connectivity index (χ1) is 13.9. The molecule has 0 aliphatic carbocycles. The van der Waals surface area contributed by atoms with Gasteiger partial charge in [0.2, 0.25) is 5.91 Å². The van der Waals surface area contributed by atoms with Crippen LogP contribution in [0.15, 0.2) is 36.7 Å². The van der Waals surface area contributed by atoms with Crippen LogP contribution < -0.4 is 10.8 Å². The van der Waals surface area contributed by atoms with Crippen LogP contribution >= 0.6 is 11.6 Å². The normalized spacial score (nSPS) is 14.5. The van der Waals surface area contributed by atoms with Gasteiger partial charge in [-0.25, -0.2) is 15.3 Å². The number of aromatic nitrogens is 2. The number of carbonyl (C=O) groups is 2. The molecule has 0 aliphatic rings. The van der Waals surface area contributed by atoms with Crippen LogP contribution in [0.1, 0.15) is 47.8 Å². The molecule has 7 nitrogen and oxygen atoms in total. The lowest BCUT2D eigenvalue weighted by Crippen LogP contribution is -2.43. The predicted molar refractivity (Wildman–Crippen MR) is 104 cm³/mol. The smallest absolute Gasteiger partial charge is 0.311 e. The zero-order valence-corrected chi connectivity index (χ0v) is 17.1. The Morgan fingerprint density at radius 2 is 2.00 bits per heavy atom. The highest BCUT2D eigenvalue weighted by atomic mass is 35.5. The third-order valence-electron chi connectivity index (χ3n) is 4.11. The number of aryl methyl sites for hydroxylation is 1. The van der Waals surface area contributed by atoms with Crippen molar-refractivity contribution >= 4 is 29.2 Å². The molecule has 2 unspecified atom stereocenters. The molecule has 0 aliphatic heterocycles. The molecule has 2 rings (SSSR count). The molecular formula is C19H20ClF3N4O3. The topological polar surface area (TPSA) is 93.2 Å². The maximum atomic E-state index is 13.2. The highest BCUT2D eigenvalue weighted by Gasteiger charge is 2.47. The molecule has 0 saturated carbocycles. The summed E-state index contributed by atoms with van der Waals surface area (Å²) in [6.07, 6.45) is -3.56. The summed E-state index contributed by atoms with van der Waals surface area (Å²) in [5.74, 6) is -2.08. The number of hydrogen-bond acceptors (Lipinski definition) is 5. The van der Waals surface area contributed by atoms with Crippen LogP contribution in [0.3, 0.4) is 0 Å². The van der Waals surface area contributed by atoms with Crippen LogP contribution in [-0.4, -0.2) is 33.0 Å². The summed E-state index contributed by atoms with van der Waals surface area (Å²) >= 11 is 6.27. The summed E-state index contributed by atoms with van der Waals surface area (Å²) in [5, 5.41) is 0.116. The van der Waals surface area contributed by atoms with Gasteiger partial charge in [0.25, 0.3) is 5.91 Å². The second-order valence-corrected chi connectivity index (χ2v) is 7.32. The van der Waals surface area contributed by atoms with Crippen LogP contribution in [0.5, 0.6) is 0 Å². The van der Waals surface area contributed by atoms with Gasteiger partial charge in [0.15, 0.2) is 5.06 Å². The van der Waals surface area contributed by atoms with Gasteiger partial charge in [0.05, 0.1) is 12.0 Å². The molecule has 0 aromatic carbocycles. The van der Waals surface area contributed by atoms with Crippen molar-refractivity contribution in [2.45, 2.75) is 44.3 Å². The van der Waals surface area contributed by atoms with Crippen molar-refractivity contribution in [3.8, 4) is 0 Å². The van der Waals surface area contributed by atoms with Crippen molar-refractivity contribution in [3.05, 3.63) is 53.5 Å². The number of pyridine rings is 2. The molecule has 30 heavy (non-hydrogen) atoms. The summed E-state index contributed by atoms with van der Waals surface area (Å²) in [6.45, 7) is 4.31. The first-order valence-corrected chi connectivity index (χ1v) is 9.17. The molecule has 162 valence electrons. The molecule has 2 atom stereocenters. The minimum Gasteiger partial charge on any atom is -0.311 e. The van der Waals surface area contributed by atoms with Gasteiger partial charge in [-0.1, -0.05) is 18.5 Å². The summed E-state index contributed by atoms with van der Waals surface area (Å²) in [6, 6.07) is 5.83. The Kier molecular flexibility index (Phi) is 7.38. The van der Waals surface area contributed by atoms with Crippen LogP contribution in [0, 0.1) is 6.92 Å². The van der Waals surface area contributed by atoms with Crippen molar-refractivity contribution in [1.82, 2.24) is 15.4 Å². The number of hydrogen-bond donors (Lipinski definition) is 2. The van der Waals surface area contributed by atoms with Gasteiger partial charge in [-0.2, -0.15) is 13.2 Å². The largest absolute Gasteiger partial charge is 0.393 e. The number of nitrogens with zero attached hydrogens (tertiary/aromatic N) is 2. The average Bonchev–Trinajstić information content (AvgIpc) is 2.64. The molecule has 0 radical (unpaired) electrons. The van der Waals surface area contributed by atoms with Crippen molar-refractivity contribution in [3.63, 3.8) is 0 Å². The van der Waals surface area contributed by atoms with Crippen molar-refractivity contribution < 1.29 is 27.6 Å². The molecule has 0 fully saturated rings. The molecule has 0 bridgehead atoms. The summed E-state index contributed by atoms with van der Waals surface area (Å²) in [4.78, 5) is 36.5. The van der Waals surface area contributed by atoms with Crippen LogP contribution in [-0.2, 0) is 9.63 Å². The van der Waals surface area contributed by atoms with Crippen LogP contribution in [0.25, 0.3) is 0 Å². The molecular weight excluding hydrogens is 425 g/mol. The number of hydroxylamine groups is 1. The van der Waals surface area contributed by atoms with Gasteiger partial charge in [-0.15, -0.1) is 0 Å². The number of halogens is 4. The van der Waals surface area contributed by atoms with E-state index in [9.17, 15) is 22.8 Å². The Bertz CT molecular complexity index is 912. The number of nitrogens with one attached hydrogen (secondary N) is 2. The third-order valence-corrected chi connectivity index (χ3v) is 4.64. The lowest BCUT2D eigenvalue weighted by molar-refractivity contribution is -0.182. The molecule has 2 amide bonds. The van der Waals surface area contributed by atoms with Crippen LogP contribution in [0.2, 0.25) is 0 Å². The van der Waals surface area contributed by atoms with E-state index in [1.165, 1.54) is 50.5 Å². The lowest BCUT2D eigenvalue weighted by Gasteiger charge is -2.33. The number of alkyl halides is 4. The van der Waals surface area contributed by atoms with Crippen molar-refractivity contribution in [2.24, 2.45) is 0 Å². The Balaban J connectivity index is 2.31. The van der Waals surface area contributed by atoms with E-state index in [-0.39, 0.29) is 17.3 Å². The van der Waals surface area contributed by atoms with Gasteiger partial charge in [-0.05, 0) is 36.8 Å². The SMILES string of the molecule is CC(=O)Nc1cc(C(C)C(Cl)(CC(F)(F)F)ONC(=O)c2cccnc2)cc(C)n1. The zero-order valence-electron chi connectivity index (χ0n) is 16.4. The minimum absolute atomic E-state index is 0.0869. The minimum atomic E-state index is -4.68. The number of carbonyl (C=O) groups excluding carboxylic acids is 2. The fraction of sp³-hybridized carbons (Fsp3) is 0.368. The van der Waals surface area contributed by atoms with Crippen LogP contribution in [0.4, 0.5) is 19.0 Å². The first-order valence-electron chi connectivity index (χ1n) is 8.80. The second-order valence-electron chi connectivity index (χ2n) is 6.68. The van der Waals surface area contributed by atoms with E-state index >= 15 is 0 Å². The maximum absolute atomic E-state index is 13.2. The van der Waals surface area contributed by atoms with E-state index in [1.807, 2.05) is 5.48 Å². The van der Waals surface area contributed by atoms with E-state index in [1.54, 1.807) is 6.92 Å². The van der Waals surface area contributed by atoms with Crippen molar-refractivity contribution in [1.29, 1.82) is 0 Å². The zero-order chi connectivity index (χ0) is 22.5. The number of anilines is 1. The Hall–Kier alpha value is -2.72. The monoisotopic (exact) mass is 444 g/mol. The summed E-state index contributed by atoms with van der Waals surface area (Å²) < 4.78 is 39.7. The standard InChI is InChI=1S/C19H20ClF3N4O3/c1-11-7-15(8-16(25-11)26-13(3)28)12(2)18(20,10-19(21,22)23)30-27-17(29)14-5-4-6-24-9-14/h4-9,12H,10H2,1-3H3,(H,27,29)(H,25,26,28). The predicted octanol–water partition coefficient (Wildman–Crippen LogP) is 4.10. The molecule has 2 aromatic rings. The highest BCUT2D eigenvalue weighted by molar-refractivity contribution is 6.23. The second kappa shape index (κ2) is 9.40. The van der Waals surface area contributed by atoms with Gasteiger partial charge in [0.1, 0.15) is 5.82 Å². The van der Waals surface area contributed by atoms with E-state index in [2.05, 4.69) is 15.3 Å². The molecule has 11 heteroatoms. The van der Waals surface area contributed by atoms with E-state index in [4.69, 9.17) is 16.4 Å². The molecule has 2 aromatic heterocycles. The fourth-order valence-electron chi connectivity index (χ4n) is 2.68. The Labute approximate surface area is 176 Å². The Morgan fingerprint density at radius 3 is 2.57 bits per heavy atom.